The van der Waals surface area contributed by atoms with Crippen LogP contribution in [-0.4, -0.2) is 22.8 Å². The third-order valence-corrected chi connectivity index (χ3v) is 2.49. The van der Waals surface area contributed by atoms with Crippen molar-refractivity contribution in [3.63, 3.8) is 0 Å². The molecule has 0 aliphatic rings. The largest absolute Gasteiger partial charge is 0.497 e. The summed E-state index contributed by atoms with van der Waals surface area (Å²) in [5.74, 6) is 0.506. The van der Waals surface area contributed by atoms with Gasteiger partial charge in [0.15, 0.2) is 0 Å². The van der Waals surface area contributed by atoms with Gasteiger partial charge >= 0.3 is 0 Å². The molecule has 1 N–H and O–H groups in total. The molecule has 1 aromatic heterocycles. The Kier molecular flexibility index (Phi) is 3.97. The lowest BCUT2D eigenvalue weighted by Gasteiger charge is -2.04. The molecule has 19 heavy (non-hydrogen) atoms. The standard InChI is InChI=1S/C14H15N3O2/c1-17-10-11(9-15-17)6-7-14(18)16-12-4-3-5-13(8-12)19-2/h3-10H,1-2H3,(H,16,18)/b7-6+. The second-order valence-corrected chi connectivity index (χ2v) is 4.00. The molecule has 0 saturated carbocycles. The molecule has 0 bridgehead atoms. The Balaban J connectivity index is 1.99. The van der Waals surface area contributed by atoms with E-state index in [9.17, 15) is 4.79 Å². The molecule has 0 radical (unpaired) electrons. The average Bonchev–Trinajstić information content (AvgIpc) is 2.82. The Morgan fingerprint density at radius 3 is 3.00 bits per heavy atom. The van der Waals surface area contributed by atoms with Gasteiger partial charge in [-0.15, -0.1) is 0 Å². The van der Waals surface area contributed by atoms with Gasteiger partial charge in [-0.25, -0.2) is 0 Å². The number of nitrogens with one attached hydrogen (secondary N) is 1. The first-order valence-electron chi connectivity index (χ1n) is 5.79. The van der Waals surface area contributed by atoms with Crippen molar-refractivity contribution in [3.8, 4) is 5.75 Å². The van der Waals surface area contributed by atoms with Crippen molar-refractivity contribution < 1.29 is 9.53 Å². The highest BCUT2D eigenvalue weighted by Crippen LogP contribution is 2.16. The van der Waals surface area contributed by atoms with Crippen molar-refractivity contribution in [1.82, 2.24) is 9.78 Å². The first-order chi connectivity index (χ1) is 9.17. The number of methoxy groups -OCH3 is 1. The van der Waals surface area contributed by atoms with Crippen LogP contribution in [0.1, 0.15) is 5.56 Å². The first-order valence-corrected chi connectivity index (χ1v) is 5.79. The molecule has 0 spiro atoms. The second-order valence-electron chi connectivity index (χ2n) is 4.00. The van der Waals surface area contributed by atoms with E-state index in [0.717, 1.165) is 5.56 Å². The van der Waals surface area contributed by atoms with Crippen LogP contribution in [0, 0.1) is 0 Å². The minimum Gasteiger partial charge on any atom is -0.497 e. The highest BCUT2D eigenvalue weighted by Gasteiger charge is 1.99. The van der Waals surface area contributed by atoms with E-state index in [2.05, 4.69) is 10.4 Å². The summed E-state index contributed by atoms with van der Waals surface area (Å²) in [6.45, 7) is 0. The maximum atomic E-state index is 11.7. The Morgan fingerprint density at radius 1 is 1.47 bits per heavy atom. The number of nitrogens with zero attached hydrogens (tertiary/aromatic N) is 2. The number of benzene rings is 1. The topological polar surface area (TPSA) is 56.1 Å². The molecule has 2 rings (SSSR count). The lowest BCUT2D eigenvalue weighted by atomic mass is 10.3. The quantitative estimate of drug-likeness (QED) is 0.853. The van der Waals surface area contributed by atoms with Gasteiger partial charge in [0.25, 0.3) is 0 Å². The van der Waals surface area contributed by atoms with Crippen LogP contribution in [0.25, 0.3) is 6.08 Å². The molecule has 0 unspecified atom stereocenters. The van der Waals surface area contributed by atoms with E-state index >= 15 is 0 Å². The van der Waals surface area contributed by atoms with E-state index in [1.54, 1.807) is 36.2 Å². The van der Waals surface area contributed by atoms with Crippen LogP contribution in [0.3, 0.4) is 0 Å². The SMILES string of the molecule is COc1cccc(NC(=O)/C=C/c2cnn(C)c2)c1. The van der Waals surface area contributed by atoms with E-state index in [-0.39, 0.29) is 5.91 Å². The number of ether oxygens (including phenoxy) is 1. The van der Waals surface area contributed by atoms with Crippen molar-refractivity contribution in [3.05, 3.63) is 48.3 Å². The van der Waals surface area contributed by atoms with Crippen molar-refractivity contribution in [2.75, 3.05) is 12.4 Å². The summed E-state index contributed by atoms with van der Waals surface area (Å²) in [7, 11) is 3.41. The molecule has 1 aromatic carbocycles. The number of carbonyl (C=O) groups is 1. The lowest BCUT2D eigenvalue weighted by molar-refractivity contribution is -0.111. The Hall–Kier alpha value is -2.56. The van der Waals surface area contributed by atoms with Crippen LogP contribution in [0.5, 0.6) is 5.75 Å². The van der Waals surface area contributed by atoms with Crippen LogP contribution < -0.4 is 10.1 Å². The summed E-state index contributed by atoms with van der Waals surface area (Å²) in [5.41, 5.74) is 1.57. The minimum absolute atomic E-state index is 0.197. The predicted molar refractivity (Wildman–Crippen MR) is 73.9 cm³/mol. The number of carbonyl (C=O) groups excluding carboxylic acids is 1. The van der Waals surface area contributed by atoms with Gasteiger partial charge < -0.3 is 10.1 Å². The van der Waals surface area contributed by atoms with Gasteiger partial charge in [0.2, 0.25) is 5.91 Å². The van der Waals surface area contributed by atoms with Gasteiger partial charge in [0.05, 0.1) is 13.3 Å². The van der Waals surface area contributed by atoms with Crippen LogP contribution in [0.15, 0.2) is 42.7 Å². The van der Waals surface area contributed by atoms with E-state index in [1.165, 1.54) is 6.08 Å². The van der Waals surface area contributed by atoms with E-state index in [0.29, 0.717) is 11.4 Å². The Morgan fingerprint density at radius 2 is 2.32 bits per heavy atom. The molecule has 1 heterocycles. The predicted octanol–water partition coefficient (Wildman–Crippen LogP) is 2.08. The van der Waals surface area contributed by atoms with E-state index < -0.39 is 0 Å². The van der Waals surface area contributed by atoms with Crippen molar-refractivity contribution in [1.29, 1.82) is 0 Å². The summed E-state index contributed by atoms with van der Waals surface area (Å²) in [6, 6.07) is 7.20. The van der Waals surface area contributed by atoms with Crippen molar-refractivity contribution in [2.24, 2.45) is 7.05 Å². The molecule has 0 aliphatic heterocycles. The Bertz CT molecular complexity index is 602. The summed E-state index contributed by atoms with van der Waals surface area (Å²) in [6.07, 6.45) is 6.70. The zero-order valence-corrected chi connectivity index (χ0v) is 10.8. The van der Waals surface area contributed by atoms with Gasteiger partial charge in [0.1, 0.15) is 5.75 Å². The first kappa shape index (κ1) is 12.9. The number of aromatic nitrogens is 2. The Labute approximate surface area is 111 Å². The van der Waals surface area contributed by atoms with E-state index in [1.807, 2.05) is 25.4 Å². The van der Waals surface area contributed by atoms with Crippen LogP contribution in [0.4, 0.5) is 5.69 Å². The number of hydrogen-bond acceptors (Lipinski definition) is 3. The fraction of sp³-hybridized carbons (Fsp3) is 0.143. The molecule has 0 atom stereocenters. The van der Waals surface area contributed by atoms with Gasteiger partial charge in [-0.3, -0.25) is 9.48 Å². The van der Waals surface area contributed by atoms with Gasteiger partial charge in [-0.05, 0) is 18.2 Å². The molecule has 1 amide bonds. The summed E-state index contributed by atoms with van der Waals surface area (Å²) in [5, 5.41) is 6.78. The fourth-order valence-electron chi connectivity index (χ4n) is 1.58. The number of anilines is 1. The third-order valence-electron chi connectivity index (χ3n) is 2.49. The van der Waals surface area contributed by atoms with Crippen LogP contribution in [0.2, 0.25) is 0 Å². The number of rotatable bonds is 4. The van der Waals surface area contributed by atoms with E-state index in [4.69, 9.17) is 4.74 Å². The van der Waals surface area contributed by atoms with Gasteiger partial charge in [-0.1, -0.05) is 6.07 Å². The minimum atomic E-state index is -0.197. The molecule has 0 aliphatic carbocycles. The molecule has 0 fully saturated rings. The molecule has 98 valence electrons. The molecular weight excluding hydrogens is 242 g/mol. The lowest BCUT2D eigenvalue weighted by Crippen LogP contribution is -2.07. The van der Waals surface area contributed by atoms with Gasteiger partial charge in [0, 0.05) is 36.6 Å². The number of hydrogen-bond donors (Lipinski definition) is 1. The second kappa shape index (κ2) is 5.86. The third kappa shape index (κ3) is 3.70. The zero-order valence-electron chi connectivity index (χ0n) is 10.8. The molecular formula is C14H15N3O2. The zero-order chi connectivity index (χ0) is 13.7. The molecule has 5 nitrogen and oxygen atoms in total. The summed E-state index contributed by atoms with van der Waals surface area (Å²) in [4.78, 5) is 11.7. The maximum Gasteiger partial charge on any atom is 0.248 e. The molecule has 2 aromatic rings. The average molecular weight is 257 g/mol. The van der Waals surface area contributed by atoms with Gasteiger partial charge in [-0.2, -0.15) is 5.10 Å². The highest BCUT2D eigenvalue weighted by molar-refractivity contribution is 6.01. The monoisotopic (exact) mass is 257 g/mol. The summed E-state index contributed by atoms with van der Waals surface area (Å²) >= 11 is 0. The fourth-order valence-corrected chi connectivity index (χ4v) is 1.58. The molecule has 5 heteroatoms. The normalized spacial score (nSPS) is 10.6. The van der Waals surface area contributed by atoms with Crippen molar-refractivity contribution >= 4 is 17.7 Å². The number of aryl methyl sites for hydroxylation is 1. The smallest absolute Gasteiger partial charge is 0.248 e. The number of amides is 1. The van der Waals surface area contributed by atoms with Crippen LogP contribution >= 0.6 is 0 Å². The molecule has 0 saturated heterocycles. The van der Waals surface area contributed by atoms with Crippen LogP contribution in [-0.2, 0) is 11.8 Å². The highest BCUT2D eigenvalue weighted by atomic mass is 16.5. The summed E-state index contributed by atoms with van der Waals surface area (Å²) < 4.78 is 6.77. The maximum absolute atomic E-state index is 11.7. The van der Waals surface area contributed by atoms with Crippen molar-refractivity contribution in [2.45, 2.75) is 0 Å².